The molecular weight excluding hydrogens is 480 g/mol. The van der Waals surface area contributed by atoms with Crippen LogP contribution in [0.3, 0.4) is 0 Å². The molecule has 2 atom stereocenters. The Balaban J connectivity index is 1.89. The van der Waals surface area contributed by atoms with Crippen molar-refractivity contribution in [3.63, 3.8) is 0 Å². The highest BCUT2D eigenvalue weighted by Gasteiger charge is 2.58. The zero-order valence-electron chi connectivity index (χ0n) is 18.6. The van der Waals surface area contributed by atoms with Crippen LogP contribution in [0.1, 0.15) is 36.9 Å². The first kappa shape index (κ1) is 24.8. The number of nitrogens with zero attached hydrogens (tertiary/aromatic N) is 3. The number of fused-ring (bicyclic) bond motifs is 1. The molecule has 1 aliphatic heterocycles. The smallest absolute Gasteiger partial charge is 0.361 e. The summed E-state index contributed by atoms with van der Waals surface area (Å²) in [5, 5.41) is 9.18. The van der Waals surface area contributed by atoms with Gasteiger partial charge in [-0.3, -0.25) is 14.2 Å². The third-order valence-corrected chi connectivity index (χ3v) is 6.32. The highest BCUT2D eigenvalue weighted by atomic mass is 19.4. The average molecular weight is 501 g/mol. The van der Waals surface area contributed by atoms with Gasteiger partial charge in [0.25, 0.3) is 17.5 Å². The Morgan fingerprint density at radius 2 is 1.86 bits per heavy atom. The molecule has 188 valence electrons. The van der Waals surface area contributed by atoms with Crippen molar-refractivity contribution in [3.8, 4) is 0 Å². The van der Waals surface area contributed by atoms with Gasteiger partial charge in [0, 0.05) is 36.8 Å². The summed E-state index contributed by atoms with van der Waals surface area (Å²) >= 11 is 0. The van der Waals surface area contributed by atoms with Crippen LogP contribution in [0.25, 0.3) is 10.8 Å². The van der Waals surface area contributed by atoms with Crippen LogP contribution >= 0.6 is 0 Å². The van der Waals surface area contributed by atoms with Gasteiger partial charge in [-0.05, 0) is 19.9 Å². The molecule has 7 nitrogen and oxygen atoms in total. The van der Waals surface area contributed by atoms with E-state index in [0.29, 0.717) is 4.57 Å². The van der Waals surface area contributed by atoms with Gasteiger partial charge in [-0.2, -0.15) is 18.3 Å². The predicted molar refractivity (Wildman–Crippen MR) is 116 cm³/mol. The van der Waals surface area contributed by atoms with Gasteiger partial charge in [0.2, 0.25) is 0 Å². The van der Waals surface area contributed by atoms with E-state index < -0.39 is 59.6 Å². The summed E-state index contributed by atoms with van der Waals surface area (Å²) in [7, 11) is 1.28. The number of benzene rings is 1. The van der Waals surface area contributed by atoms with E-state index in [0.717, 1.165) is 23.0 Å². The van der Waals surface area contributed by atoms with E-state index in [1.165, 1.54) is 26.1 Å². The Hall–Kier alpha value is -3.35. The Morgan fingerprint density at radius 1 is 1.17 bits per heavy atom. The first-order chi connectivity index (χ1) is 16.4. The standard InChI is InChI=1S/C22H21F6N5O2/c1-11(12-4-3-5-13(17(12)23)18(24)25)30-19-15-9-33(21(22(26,27)28)6-7-29-10-21)16(34)8-14(15)20(35)32(2)31-19/h3-5,8-9,11,18,29H,6-7,10H2,1-2H3,(H,30,31)/t11?,21-/m1/s1. The van der Waals surface area contributed by atoms with Crippen LogP contribution < -0.4 is 21.8 Å². The third kappa shape index (κ3) is 4.07. The van der Waals surface area contributed by atoms with Crippen molar-refractivity contribution >= 4 is 16.6 Å². The number of anilines is 1. The zero-order chi connectivity index (χ0) is 25.7. The Morgan fingerprint density at radius 3 is 2.46 bits per heavy atom. The van der Waals surface area contributed by atoms with Crippen LogP contribution in [0.5, 0.6) is 0 Å². The van der Waals surface area contributed by atoms with Gasteiger partial charge in [0.05, 0.1) is 17.0 Å². The van der Waals surface area contributed by atoms with Gasteiger partial charge in [0.15, 0.2) is 11.4 Å². The first-order valence-electron chi connectivity index (χ1n) is 10.6. The number of nitrogens with one attached hydrogen (secondary N) is 2. The van der Waals surface area contributed by atoms with Crippen molar-refractivity contribution in [1.29, 1.82) is 0 Å². The Bertz CT molecular complexity index is 1390. The molecule has 0 aliphatic carbocycles. The molecule has 35 heavy (non-hydrogen) atoms. The number of rotatable bonds is 5. The SMILES string of the molecule is CC(Nc1nn(C)c(=O)c2cc(=O)n([C@]3(C(F)(F)F)CCNC3)cc12)c1cccc(C(F)F)c1F. The van der Waals surface area contributed by atoms with Crippen LogP contribution in [0, 0.1) is 5.82 Å². The first-order valence-corrected chi connectivity index (χ1v) is 10.6. The quantitative estimate of drug-likeness (QED) is 0.523. The minimum atomic E-state index is -4.78. The molecule has 1 saturated heterocycles. The molecule has 1 aromatic carbocycles. The normalized spacial score (nSPS) is 19.5. The lowest BCUT2D eigenvalue weighted by molar-refractivity contribution is -0.209. The molecule has 13 heteroatoms. The second-order valence-electron chi connectivity index (χ2n) is 8.46. The maximum Gasteiger partial charge on any atom is 0.413 e. The van der Waals surface area contributed by atoms with Crippen molar-refractivity contribution in [3.05, 3.63) is 68.1 Å². The van der Waals surface area contributed by atoms with Gasteiger partial charge in [-0.15, -0.1) is 0 Å². The van der Waals surface area contributed by atoms with Gasteiger partial charge in [-0.25, -0.2) is 17.9 Å². The molecule has 1 unspecified atom stereocenters. The van der Waals surface area contributed by atoms with E-state index in [1.54, 1.807) is 0 Å². The van der Waals surface area contributed by atoms with E-state index in [4.69, 9.17) is 0 Å². The van der Waals surface area contributed by atoms with Gasteiger partial charge >= 0.3 is 6.18 Å². The number of hydrogen-bond donors (Lipinski definition) is 2. The largest absolute Gasteiger partial charge is 0.413 e. The van der Waals surface area contributed by atoms with Crippen LogP contribution in [0.4, 0.5) is 32.2 Å². The minimum absolute atomic E-state index is 0.0285. The molecule has 1 aliphatic rings. The number of aryl methyl sites for hydroxylation is 1. The Kier molecular flexibility index (Phi) is 6.16. The highest BCUT2D eigenvalue weighted by molar-refractivity contribution is 5.90. The van der Waals surface area contributed by atoms with E-state index in [-0.39, 0.29) is 28.7 Å². The van der Waals surface area contributed by atoms with Crippen molar-refractivity contribution in [2.45, 2.75) is 37.5 Å². The van der Waals surface area contributed by atoms with Crippen molar-refractivity contribution < 1.29 is 26.3 Å². The minimum Gasteiger partial charge on any atom is -0.361 e. The lowest BCUT2D eigenvalue weighted by Crippen LogP contribution is -2.53. The maximum atomic E-state index is 14.7. The molecule has 0 spiro atoms. The highest BCUT2D eigenvalue weighted by Crippen LogP contribution is 2.41. The van der Waals surface area contributed by atoms with Crippen LogP contribution in [0.2, 0.25) is 0 Å². The fraction of sp³-hybridized carbons (Fsp3) is 0.409. The molecular formula is C22H21F6N5O2. The molecule has 2 aromatic heterocycles. The second-order valence-corrected chi connectivity index (χ2v) is 8.46. The lowest BCUT2D eigenvalue weighted by Gasteiger charge is -2.33. The number of pyridine rings is 1. The number of alkyl halides is 5. The van der Waals surface area contributed by atoms with E-state index in [9.17, 15) is 35.9 Å². The molecule has 3 aromatic rings. The molecule has 0 bridgehead atoms. The summed E-state index contributed by atoms with van der Waals surface area (Å²) in [5.74, 6) is -1.25. The van der Waals surface area contributed by atoms with Crippen LogP contribution in [-0.2, 0) is 12.6 Å². The molecule has 1 fully saturated rings. The topological polar surface area (TPSA) is 81.0 Å². The molecule has 0 radical (unpaired) electrons. The zero-order valence-corrected chi connectivity index (χ0v) is 18.6. The van der Waals surface area contributed by atoms with Gasteiger partial charge in [0.1, 0.15) is 5.82 Å². The molecule has 0 saturated carbocycles. The number of halogens is 6. The molecule has 3 heterocycles. The predicted octanol–water partition coefficient (Wildman–Crippen LogP) is 3.60. The van der Waals surface area contributed by atoms with Crippen molar-refractivity contribution in [1.82, 2.24) is 19.7 Å². The lowest BCUT2D eigenvalue weighted by atomic mass is 9.96. The fourth-order valence-electron chi connectivity index (χ4n) is 4.38. The molecule has 2 N–H and O–H groups in total. The summed E-state index contributed by atoms with van der Waals surface area (Å²) in [6.07, 6.45) is -7.30. The van der Waals surface area contributed by atoms with Gasteiger partial charge in [-0.1, -0.05) is 18.2 Å². The average Bonchev–Trinajstić information content (AvgIpc) is 3.28. The van der Waals surface area contributed by atoms with Gasteiger partial charge < -0.3 is 10.6 Å². The van der Waals surface area contributed by atoms with E-state index in [1.807, 2.05) is 0 Å². The second kappa shape index (κ2) is 8.70. The summed E-state index contributed by atoms with van der Waals surface area (Å²) in [6, 6.07) is 3.33. The number of hydrogen-bond acceptors (Lipinski definition) is 5. The maximum absolute atomic E-state index is 14.7. The monoisotopic (exact) mass is 501 g/mol. The summed E-state index contributed by atoms with van der Waals surface area (Å²) < 4.78 is 84.7. The fourth-order valence-corrected chi connectivity index (χ4v) is 4.38. The van der Waals surface area contributed by atoms with Crippen molar-refractivity contribution in [2.24, 2.45) is 7.05 Å². The summed E-state index contributed by atoms with van der Waals surface area (Å²) in [5.41, 5.74) is -5.20. The molecule has 4 rings (SSSR count). The Labute approximate surface area is 194 Å². The number of aromatic nitrogens is 3. The summed E-state index contributed by atoms with van der Waals surface area (Å²) in [4.78, 5) is 25.4. The van der Waals surface area contributed by atoms with Crippen LogP contribution in [0.15, 0.2) is 40.1 Å². The summed E-state index contributed by atoms with van der Waals surface area (Å²) in [6.45, 7) is 0.937. The van der Waals surface area contributed by atoms with Crippen LogP contribution in [-0.4, -0.2) is 33.6 Å². The van der Waals surface area contributed by atoms with E-state index in [2.05, 4.69) is 15.7 Å². The third-order valence-electron chi connectivity index (χ3n) is 6.32. The van der Waals surface area contributed by atoms with Crippen molar-refractivity contribution in [2.75, 3.05) is 18.4 Å². The van der Waals surface area contributed by atoms with E-state index >= 15 is 0 Å². The molecule has 0 amide bonds.